The van der Waals surface area contributed by atoms with Crippen LogP contribution < -0.4 is 5.32 Å². The standard InChI is InChI=1S/C13H18N2O2S/c1-3-6-14-13(17)15(2)9-11-8-12(18-10-11)5-4-7-16/h8,10,16H,3,6-7,9H2,1-2H3,(H,14,17). The fourth-order valence-corrected chi connectivity index (χ4v) is 2.13. The molecule has 0 aliphatic heterocycles. The van der Waals surface area contributed by atoms with Crippen molar-refractivity contribution in [3.8, 4) is 11.8 Å². The molecule has 98 valence electrons. The second kappa shape index (κ2) is 7.75. The van der Waals surface area contributed by atoms with Gasteiger partial charge in [0.25, 0.3) is 0 Å². The van der Waals surface area contributed by atoms with Crippen molar-refractivity contribution in [3.63, 3.8) is 0 Å². The van der Waals surface area contributed by atoms with E-state index < -0.39 is 0 Å². The molecule has 18 heavy (non-hydrogen) atoms. The molecule has 0 saturated carbocycles. The summed E-state index contributed by atoms with van der Waals surface area (Å²) in [6.07, 6.45) is 0.929. The van der Waals surface area contributed by atoms with Crippen molar-refractivity contribution >= 4 is 17.4 Å². The minimum absolute atomic E-state index is 0.0638. The Morgan fingerprint density at radius 3 is 3.06 bits per heavy atom. The summed E-state index contributed by atoms with van der Waals surface area (Å²) < 4.78 is 0. The first-order valence-electron chi connectivity index (χ1n) is 5.83. The van der Waals surface area contributed by atoms with Gasteiger partial charge in [-0.05, 0) is 23.4 Å². The van der Waals surface area contributed by atoms with Crippen LogP contribution in [0.25, 0.3) is 0 Å². The van der Waals surface area contributed by atoms with E-state index in [4.69, 9.17) is 5.11 Å². The monoisotopic (exact) mass is 266 g/mol. The number of aliphatic hydroxyl groups is 1. The Morgan fingerprint density at radius 1 is 1.61 bits per heavy atom. The van der Waals surface area contributed by atoms with Gasteiger partial charge in [0.05, 0.1) is 4.88 Å². The smallest absolute Gasteiger partial charge is 0.317 e. The minimum Gasteiger partial charge on any atom is -0.384 e. The Kier molecular flexibility index (Phi) is 6.26. The van der Waals surface area contributed by atoms with Crippen LogP contribution in [0.4, 0.5) is 4.79 Å². The van der Waals surface area contributed by atoms with Crippen molar-refractivity contribution in [2.75, 3.05) is 20.2 Å². The number of rotatable bonds is 4. The van der Waals surface area contributed by atoms with Crippen LogP contribution in [0.15, 0.2) is 11.4 Å². The van der Waals surface area contributed by atoms with Gasteiger partial charge in [0, 0.05) is 20.1 Å². The summed E-state index contributed by atoms with van der Waals surface area (Å²) in [6.45, 7) is 3.14. The zero-order chi connectivity index (χ0) is 13.4. The lowest BCUT2D eigenvalue weighted by Crippen LogP contribution is -2.36. The maximum absolute atomic E-state index is 11.6. The number of hydrogen-bond acceptors (Lipinski definition) is 3. The number of urea groups is 1. The number of thiophene rings is 1. The zero-order valence-corrected chi connectivity index (χ0v) is 11.5. The first-order chi connectivity index (χ1) is 8.67. The van der Waals surface area contributed by atoms with Crippen molar-refractivity contribution in [1.82, 2.24) is 10.2 Å². The summed E-state index contributed by atoms with van der Waals surface area (Å²) in [5.41, 5.74) is 1.05. The van der Waals surface area contributed by atoms with Crippen LogP contribution in [0.1, 0.15) is 23.8 Å². The SMILES string of the molecule is CCCNC(=O)N(C)Cc1csc(C#CCO)c1. The molecule has 0 aromatic carbocycles. The molecule has 2 amide bonds. The van der Waals surface area contributed by atoms with E-state index in [1.807, 2.05) is 18.4 Å². The molecule has 0 fully saturated rings. The van der Waals surface area contributed by atoms with Gasteiger partial charge in [0.2, 0.25) is 0 Å². The summed E-state index contributed by atoms with van der Waals surface area (Å²) in [6, 6.07) is 1.88. The molecule has 0 unspecified atom stereocenters. The molecule has 1 rings (SSSR count). The first kappa shape index (κ1) is 14.6. The van der Waals surface area contributed by atoms with Gasteiger partial charge in [-0.1, -0.05) is 18.8 Å². The molecule has 4 nitrogen and oxygen atoms in total. The van der Waals surface area contributed by atoms with Gasteiger partial charge in [-0.3, -0.25) is 0 Å². The predicted octanol–water partition coefficient (Wildman–Crippen LogP) is 1.64. The number of amides is 2. The third-order valence-electron chi connectivity index (χ3n) is 2.24. The van der Waals surface area contributed by atoms with Crippen LogP contribution in [0.5, 0.6) is 0 Å². The van der Waals surface area contributed by atoms with Crippen LogP contribution in [-0.2, 0) is 6.54 Å². The lowest BCUT2D eigenvalue weighted by atomic mass is 10.3. The third-order valence-corrected chi connectivity index (χ3v) is 3.13. The van der Waals surface area contributed by atoms with E-state index in [9.17, 15) is 4.79 Å². The van der Waals surface area contributed by atoms with E-state index in [0.29, 0.717) is 13.1 Å². The molecule has 1 aromatic heterocycles. The van der Waals surface area contributed by atoms with E-state index in [1.165, 1.54) is 11.3 Å². The molecule has 0 radical (unpaired) electrons. The number of hydrogen-bond donors (Lipinski definition) is 2. The summed E-state index contributed by atoms with van der Waals surface area (Å²) in [7, 11) is 1.77. The molecule has 0 atom stereocenters. The van der Waals surface area contributed by atoms with Crippen LogP contribution >= 0.6 is 11.3 Å². The first-order valence-corrected chi connectivity index (χ1v) is 6.71. The number of carbonyl (C=O) groups excluding carboxylic acids is 1. The molecule has 5 heteroatoms. The summed E-state index contributed by atoms with van der Waals surface area (Å²) in [4.78, 5) is 14.2. The molecular weight excluding hydrogens is 248 g/mol. The van der Waals surface area contributed by atoms with Crippen molar-refractivity contribution < 1.29 is 9.90 Å². The quantitative estimate of drug-likeness (QED) is 0.814. The van der Waals surface area contributed by atoms with Crippen molar-refractivity contribution in [1.29, 1.82) is 0 Å². The molecule has 0 aliphatic carbocycles. The number of nitrogens with zero attached hydrogens (tertiary/aromatic N) is 1. The summed E-state index contributed by atoms with van der Waals surface area (Å²) in [5, 5.41) is 13.4. The molecule has 1 heterocycles. The van der Waals surface area contributed by atoms with Gasteiger partial charge >= 0.3 is 6.03 Å². The number of carbonyl (C=O) groups is 1. The maximum atomic E-state index is 11.6. The van der Waals surface area contributed by atoms with E-state index in [2.05, 4.69) is 17.2 Å². The predicted molar refractivity (Wildman–Crippen MR) is 73.4 cm³/mol. The van der Waals surface area contributed by atoms with Crippen LogP contribution in [0, 0.1) is 11.8 Å². The molecule has 1 aromatic rings. The van der Waals surface area contributed by atoms with Gasteiger partial charge in [-0.15, -0.1) is 11.3 Å². The van der Waals surface area contributed by atoms with Gasteiger partial charge in [0.15, 0.2) is 0 Å². The molecule has 0 spiro atoms. The molecule has 0 aliphatic rings. The largest absolute Gasteiger partial charge is 0.384 e. The van der Waals surface area contributed by atoms with Gasteiger partial charge in [-0.25, -0.2) is 4.79 Å². The van der Waals surface area contributed by atoms with E-state index in [1.54, 1.807) is 11.9 Å². The fraction of sp³-hybridized carbons (Fsp3) is 0.462. The van der Waals surface area contributed by atoms with E-state index in [-0.39, 0.29) is 12.6 Å². The van der Waals surface area contributed by atoms with E-state index >= 15 is 0 Å². The highest BCUT2D eigenvalue weighted by Crippen LogP contribution is 2.14. The molecule has 0 saturated heterocycles. The zero-order valence-electron chi connectivity index (χ0n) is 10.7. The number of nitrogens with one attached hydrogen (secondary N) is 1. The second-order valence-electron chi connectivity index (χ2n) is 3.87. The lowest BCUT2D eigenvalue weighted by Gasteiger charge is -2.16. The minimum atomic E-state index is -0.132. The molecule has 0 bridgehead atoms. The normalized spacial score (nSPS) is 9.50. The topological polar surface area (TPSA) is 52.6 Å². The highest BCUT2D eigenvalue weighted by atomic mass is 32.1. The fourth-order valence-electron chi connectivity index (χ4n) is 1.36. The van der Waals surface area contributed by atoms with Gasteiger partial charge < -0.3 is 15.3 Å². The lowest BCUT2D eigenvalue weighted by molar-refractivity contribution is 0.207. The van der Waals surface area contributed by atoms with Crippen LogP contribution in [0.2, 0.25) is 0 Å². The van der Waals surface area contributed by atoms with E-state index in [0.717, 1.165) is 16.9 Å². The Bertz CT molecular complexity index is 445. The van der Waals surface area contributed by atoms with Crippen molar-refractivity contribution in [2.24, 2.45) is 0 Å². The van der Waals surface area contributed by atoms with Gasteiger partial charge in [-0.2, -0.15) is 0 Å². The average molecular weight is 266 g/mol. The Balaban J connectivity index is 2.51. The van der Waals surface area contributed by atoms with Gasteiger partial charge in [0.1, 0.15) is 6.61 Å². The highest BCUT2D eigenvalue weighted by molar-refractivity contribution is 7.10. The van der Waals surface area contributed by atoms with Crippen LogP contribution in [0.3, 0.4) is 0 Å². The maximum Gasteiger partial charge on any atom is 0.317 e. The summed E-state index contributed by atoms with van der Waals surface area (Å²) >= 11 is 1.52. The van der Waals surface area contributed by atoms with Crippen LogP contribution in [-0.4, -0.2) is 36.2 Å². The second-order valence-corrected chi connectivity index (χ2v) is 4.78. The Hall–Kier alpha value is -1.51. The summed E-state index contributed by atoms with van der Waals surface area (Å²) in [5.74, 6) is 5.46. The molecular formula is C13H18N2O2S. The van der Waals surface area contributed by atoms with Crippen molar-refractivity contribution in [2.45, 2.75) is 19.9 Å². The third kappa shape index (κ3) is 4.78. The Labute approximate surface area is 112 Å². The molecule has 2 N–H and O–H groups in total. The van der Waals surface area contributed by atoms with Crippen molar-refractivity contribution in [3.05, 3.63) is 21.9 Å². The number of aliphatic hydroxyl groups excluding tert-OH is 1. The average Bonchev–Trinajstić information content (AvgIpc) is 2.80. The Morgan fingerprint density at radius 2 is 2.39 bits per heavy atom. The highest BCUT2D eigenvalue weighted by Gasteiger charge is 2.08.